The lowest BCUT2D eigenvalue weighted by Crippen LogP contribution is -2.40. The van der Waals surface area contributed by atoms with E-state index in [2.05, 4.69) is 31.3 Å². The van der Waals surface area contributed by atoms with Crippen molar-refractivity contribution in [3.63, 3.8) is 0 Å². The Balaban J connectivity index is 1.44. The van der Waals surface area contributed by atoms with Gasteiger partial charge in [-0.1, -0.05) is 24.3 Å². The third-order valence-electron chi connectivity index (χ3n) is 7.05. The zero-order chi connectivity index (χ0) is 26.8. The SMILES string of the molecule is COc1ccc(-c2cn(-c3ccc(C)c(C)c3)c(NC(=O)CN(C(=O)c3ccccc3C)C3CC3)n2)cc1. The first-order valence-electron chi connectivity index (χ1n) is 12.8. The maximum Gasteiger partial charge on any atom is 0.254 e. The van der Waals surface area contributed by atoms with Gasteiger partial charge in [0.25, 0.3) is 5.91 Å². The highest BCUT2D eigenvalue weighted by Crippen LogP contribution is 2.30. The molecule has 1 heterocycles. The number of ether oxygens (including phenoxy) is 1. The lowest BCUT2D eigenvalue weighted by Gasteiger charge is -2.23. The number of anilines is 1. The summed E-state index contributed by atoms with van der Waals surface area (Å²) in [5.41, 5.74) is 6.37. The number of imidazole rings is 1. The molecule has 2 amide bonds. The number of carbonyl (C=O) groups is 2. The Hall–Kier alpha value is -4.39. The lowest BCUT2D eigenvalue weighted by molar-refractivity contribution is -0.117. The number of nitrogens with one attached hydrogen (secondary N) is 1. The summed E-state index contributed by atoms with van der Waals surface area (Å²) in [6.45, 7) is 6.01. The fraction of sp³-hybridized carbons (Fsp3) is 0.258. The van der Waals surface area contributed by atoms with E-state index in [4.69, 9.17) is 9.72 Å². The molecule has 0 spiro atoms. The first kappa shape index (κ1) is 25.3. The second-order valence-corrected chi connectivity index (χ2v) is 9.84. The molecular formula is C31H32N4O3. The predicted molar refractivity (Wildman–Crippen MR) is 149 cm³/mol. The molecule has 1 aliphatic carbocycles. The van der Waals surface area contributed by atoms with Crippen molar-refractivity contribution in [1.82, 2.24) is 14.5 Å². The minimum absolute atomic E-state index is 0.0323. The van der Waals surface area contributed by atoms with Crippen LogP contribution in [0.5, 0.6) is 5.75 Å². The van der Waals surface area contributed by atoms with Crippen molar-refractivity contribution in [3.8, 4) is 22.7 Å². The first-order valence-corrected chi connectivity index (χ1v) is 12.8. The van der Waals surface area contributed by atoms with Crippen LogP contribution < -0.4 is 10.1 Å². The van der Waals surface area contributed by atoms with E-state index in [1.807, 2.05) is 72.3 Å². The fourth-order valence-corrected chi connectivity index (χ4v) is 4.48. The van der Waals surface area contributed by atoms with Crippen LogP contribution >= 0.6 is 0 Å². The number of rotatable bonds is 8. The molecule has 194 valence electrons. The van der Waals surface area contributed by atoms with Crippen molar-refractivity contribution < 1.29 is 14.3 Å². The Kier molecular flexibility index (Phi) is 7.01. The first-order chi connectivity index (χ1) is 18.3. The number of carbonyl (C=O) groups excluding carboxylic acids is 2. The maximum absolute atomic E-state index is 13.3. The van der Waals surface area contributed by atoms with Gasteiger partial charge < -0.3 is 9.64 Å². The van der Waals surface area contributed by atoms with E-state index in [0.717, 1.165) is 46.7 Å². The van der Waals surface area contributed by atoms with E-state index in [-0.39, 0.29) is 24.4 Å². The zero-order valence-electron chi connectivity index (χ0n) is 22.2. The van der Waals surface area contributed by atoms with E-state index < -0.39 is 0 Å². The maximum atomic E-state index is 13.3. The van der Waals surface area contributed by atoms with Crippen molar-refractivity contribution in [1.29, 1.82) is 0 Å². The van der Waals surface area contributed by atoms with Crippen LogP contribution in [0.4, 0.5) is 5.95 Å². The molecule has 0 radical (unpaired) electrons. The molecule has 7 heteroatoms. The van der Waals surface area contributed by atoms with Crippen LogP contribution in [0.1, 0.15) is 39.9 Å². The van der Waals surface area contributed by atoms with Gasteiger partial charge in [-0.15, -0.1) is 0 Å². The normalized spacial score (nSPS) is 12.7. The number of aromatic nitrogens is 2. The minimum atomic E-state index is -0.282. The molecule has 1 aromatic heterocycles. The van der Waals surface area contributed by atoms with Gasteiger partial charge in [-0.25, -0.2) is 4.98 Å². The summed E-state index contributed by atoms with van der Waals surface area (Å²) >= 11 is 0. The monoisotopic (exact) mass is 508 g/mol. The number of aryl methyl sites for hydroxylation is 3. The standard InChI is InChI=1S/C31H32N4O3/c1-20-9-12-25(17-22(20)3)35-18-28(23-10-15-26(38-4)16-11-23)32-31(35)33-29(36)19-34(24-13-14-24)30(37)27-8-6-5-7-21(27)2/h5-12,15-18,24H,13-14,19H2,1-4H3,(H,32,33,36). The van der Waals surface area contributed by atoms with Gasteiger partial charge in [-0.05, 0) is 92.8 Å². The highest BCUT2D eigenvalue weighted by atomic mass is 16.5. The summed E-state index contributed by atoms with van der Waals surface area (Å²) < 4.78 is 7.17. The van der Waals surface area contributed by atoms with Gasteiger partial charge in [0.05, 0.1) is 12.8 Å². The van der Waals surface area contributed by atoms with Crippen LogP contribution in [0.2, 0.25) is 0 Å². The average Bonchev–Trinajstić information content (AvgIpc) is 3.68. The molecule has 0 saturated heterocycles. The number of amides is 2. The lowest BCUT2D eigenvalue weighted by atomic mass is 10.1. The van der Waals surface area contributed by atoms with Crippen LogP contribution in [0, 0.1) is 20.8 Å². The quantitative estimate of drug-likeness (QED) is 0.330. The van der Waals surface area contributed by atoms with Crippen LogP contribution in [0.15, 0.2) is 72.9 Å². The molecule has 0 aliphatic heterocycles. The molecule has 1 aliphatic rings. The van der Waals surface area contributed by atoms with Gasteiger partial charge in [0.1, 0.15) is 12.3 Å². The molecule has 0 bridgehead atoms. The summed E-state index contributed by atoms with van der Waals surface area (Å²) in [6.07, 6.45) is 3.73. The largest absolute Gasteiger partial charge is 0.497 e. The van der Waals surface area contributed by atoms with E-state index in [0.29, 0.717) is 11.5 Å². The Labute approximate surface area is 223 Å². The van der Waals surface area contributed by atoms with Gasteiger partial charge >= 0.3 is 0 Å². The van der Waals surface area contributed by atoms with Gasteiger partial charge in [0.15, 0.2) is 0 Å². The number of methoxy groups -OCH3 is 1. The summed E-state index contributed by atoms with van der Waals surface area (Å²) in [7, 11) is 1.63. The number of hydrogen-bond acceptors (Lipinski definition) is 4. The third-order valence-corrected chi connectivity index (χ3v) is 7.05. The van der Waals surface area contributed by atoms with Crippen molar-refractivity contribution in [2.24, 2.45) is 0 Å². The molecule has 1 N–H and O–H groups in total. The zero-order valence-corrected chi connectivity index (χ0v) is 22.2. The van der Waals surface area contributed by atoms with Gasteiger partial charge in [-0.3, -0.25) is 19.5 Å². The number of benzene rings is 3. The summed E-state index contributed by atoms with van der Waals surface area (Å²) in [6, 6.07) is 21.4. The fourth-order valence-electron chi connectivity index (χ4n) is 4.48. The number of nitrogens with zero attached hydrogens (tertiary/aromatic N) is 3. The second kappa shape index (κ2) is 10.5. The van der Waals surface area contributed by atoms with Gasteiger partial charge in [-0.2, -0.15) is 0 Å². The molecule has 3 aromatic carbocycles. The van der Waals surface area contributed by atoms with E-state index in [9.17, 15) is 9.59 Å². The Morgan fingerprint density at radius 3 is 2.37 bits per heavy atom. The van der Waals surface area contributed by atoms with Crippen LogP contribution in [0.3, 0.4) is 0 Å². The highest BCUT2D eigenvalue weighted by molar-refractivity contribution is 6.00. The summed E-state index contributed by atoms with van der Waals surface area (Å²) in [5.74, 6) is 0.769. The van der Waals surface area contributed by atoms with Gasteiger partial charge in [0, 0.05) is 29.1 Å². The molecule has 0 atom stereocenters. The second-order valence-electron chi connectivity index (χ2n) is 9.84. The molecule has 0 unspecified atom stereocenters. The minimum Gasteiger partial charge on any atom is -0.497 e. The summed E-state index contributed by atoms with van der Waals surface area (Å²) in [5, 5.41) is 2.98. The highest BCUT2D eigenvalue weighted by Gasteiger charge is 2.35. The molecule has 1 saturated carbocycles. The van der Waals surface area contributed by atoms with E-state index in [1.54, 1.807) is 12.0 Å². The summed E-state index contributed by atoms with van der Waals surface area (Å²) in [4.78, 5) is 33.1. The predicted octanol–water partition coefficient (Wildman–Crippen LogP) is 5.72. The van der Waals surface area contributed by atoms with E-state index in [1.165, 1.54) is 5.56 Å². The molecule has 38 heavy (non-hydrogen) atoms. The Bertz CT molecular complexity index is 1490. The molecule has 7 nitrogen and oxygen atoms in total. The number of hydrogen-bond donors (Lipinski definition) is 1. The van der Waals surface area contributed by atoms with Gasteiger partial charge in [0.2, 0.25) is 11.9 Å². The van der Waals surface area contributed by atoms with Crippen molar-refractivity contribution in [2.75, 3.05) is 19.0 Å². The van der Waals surface area contributed by atoms with Crippen LogP contribution in [0.25, 0.3) is 16.9 Å². The topological polar surface area (TPSA) is 76.5 Å². The third kappa shape index (κ3) is 5.32. The Morgan fingerprint density at radius 1 is 0.974 bits per heavy atom. The van der Waals surface area contributed by atoms with Crippen molar-refractivity contribution >= 4 is 17.8 Å². The van der Waals surface area contributed by atoms with Crippen molar-refractivity contribution in [2.45, 2.75) is 39.7 Å². The van der Waals surface area contributed by atoms with Crippen LogP contribution in [-0.2, 0) is 4.79 Å². The average molecular weight is 509 g/mol. The smallest absolute Gasteiger partial charge is 0.254 e. The molecule has 4 aromatic rings. The van der Waals surface area contributed by atoms with E-state index >= 15 is 0 Å². The van der Waals surface area contributed by atoms with Crippen molar-refractivity contribution in [3.05, 3.63) is 95.2 Å². The molecular weight excluding hydrogens is 476 g/mol. The Morgan fingerprint density at radius 2 is 1.71 bits per heavy atom. The van der Waals surface area contributed by atoms with Crippen LogP contribution in [-0.4, -0.2) is 46.0 Å². The molecule has 1 fully saturated rings. The molecule has 5 rings (SSSR count).